The quantitative estimate of drug-likeness (QED) is 0.921. The fraction of sp³-hybridized carbons (Fsp3) is 0.556. The third kappa shape index (κ3) is 4.22. The average molecular weight is 343 g/mol. The van der Waals surface area contributed by atoms with Crippen LogP contribution >= 0.6 is 0 Å². The molecule has 1 saturated heterocycles. The molecule has 2 aromatic heterocycles. The Morgan fingerprint density at radius 1 is 1.40 bits per heavy atom. The summed E-state index contributed by atoms with van der Waals surface area (Å²) in [6.07, 6.45) is 1.85. The molecule has 2 aromatic rings. The number of carbonyl (C=O) groups is 1. The summed E-state index contributed by atoms with van der Waals surface area (Å²) in [5, 5.41) is 7.24. The Kier molecular flexibility index (Phi) is 4.85. The first-order chi connectivity index (χ1) is 11.8. The number of hydrogen-bond donors (Lipinski definition) is 1. The Labute approximate surface area is 147 Å². The van der Waals surface area contributed by atoms with Gasteiger partial charge in [-0.05, 0) is 18.6 Å². The van der Waals surface area contributed by atoms with E-state index >= 15 is 0 Å². The first kappa shape index (κ1) is 17.5. The van der Waals surface area contributed by atoms with Crippen molar-refractivity contribution in [3.8, 4) is 0 Å². The molecule has 0 saturated carbocycles. The van der Waals surface area contributed by atoms with Gasteiger partial charge in [-0.1, -0.05) is 26.8 Å². The van der Waals surface area contributed by atoms with Gasteiger partial charge < -0.3 is 9.64 Å². The van der Waals surface area contributed by atoms with Crippen molar-refractivity contribution in [2.24, 2.45) is 0 Å². The van der Waals surface area contributed by atoms with Crippen LogP contribution < -0.4 is 0 Å². The number of morpholine rings is 1. The molecule has 1 amide bonds. The van der Waals surface area contributed by atoms with E-state index in [-0.39, 0.29) is 17.4 Å². The number of amides is 1. The minimum atomic E-state index is -0.266. The third-order valence-corrected chi connectivity index (χ3v) is 4.23. The van der Waals surface area contributed by atoms with Crippen molar-refractivity contribution >= 4 is 5.91 Å². The van der Waals surface area contributed by atoms with E-state index < -0.39 is 0 Å². The molecule has 0 radical (unpaired) electrons. The second-order valence-corrected chi connectivity index (χ2v) is 7.48. The first-order valence-corrected chi connectivity index (χ1v) is 8.56. The monoisotopic (exact) mass is 343 g/mol. The highest BCUT2D eigenvalue weighted by Gasteiger charge is 2.29. The van der Waals surface area contributed by atoms with E-state index in [0.29, 0.717) is 31.9 Å². The molecule has 0 spiro atoms. The first-order valence-electron chi connectivity index (χ1n) is 8.56. The minimum absolute atomic E-state index is 0.0783. The highest BCUT2D eigenvalue weighted by molar-refractivity contribution is 5.78. The minimum Gasteiger partial charge on any atom is -0.367 e. The van der Waals surface area contributed by atoms with Gasteiger partial charge >= 0.3 is 0 Å². The summed E-state index contributed by atoms with van der Waals surface area (Å²) in [7, 11) is 0. The van der Waals surface area contributed by atoms with Crippen molar-refractivity contribution in [2.45, 2.75) is 45.6 Å². The zero-order chi connectivity index (χ0) is 18.0. The van der Waals surface area contributed by atoms with Crippen LogP contribution in [0, 0.1) is 6.92 Å². The van der Waals surface area contributed by atoms with Crippen LogP contribution in [0.3, 0.4) is 0 Å². The average Bonchev–Trinajstić information content (AvgIpc) is 3.07. The summed E-state index contributed by atoms with van der Waals surface area (Å²) < 4.78 is 5.80. The number of aromatic nitrogens is 4. The maximum atomic E-state index is 12.6. The molecule has 7 heteroatoms. The zero-order valence-corrected chi connectivity index (χ0v) is 15.2. The van der Waals surface area contributed by atoms with Crippen LogP contribution in [0.5, 0.6) is 0 Å². The van der Waals surface area contributed by atoms with Crippen molar-refractivity contribution in [3.63, 3.8) is 0 Å². The molecule has 3 rings (SSSR count). The summed E-state index contributed by atoms with van der Waals surface area (Å²) in [6, 6.07) is 3.87. The molecule has 0 unspecified atom stereocenters. The van der Waals surface area contributed by atoms with Crippen LogP contribution in [0.1, 0.15) is 49.8 Å². The molecule has 0 aliphatic carbocycles. The van der Waals surface area contributed by atoms with Gasteiger partial charge in [0.05, 0.1) is 19.6 Å². The Balaban J connectivity index is 1.65. The molecular weight excluding hydrogens is 318 g/mol. The number of rotatable bonds is 3. The lowest BCUT2D eigenvalue weighted by Crippen LogP contribution is -2.43. The van der Waals surface area contributed by atoms with Crippen molar-refractivity contribution in [1.82, 2.24) is 25.1 Å². The summed E-state index contributed by atoms with van der Waals surface area (Å²) >= 11 is 0. The fourth-order valence-electron chi connectivity index (χ4n) is 2.68. The third-order valence-electron chi connectivity index (χ3n) is 4.23. The van der Waals surface area contributed by atoms with Crippen LogP contribution in [-0.2, 0) is 21.4 Å². The molecule has 1 aliphatic heterocycles. The summed E-state index contributed by atoms with van der Waals surface area (Å²) in [6.45, 7) is 9.69. The van der Waals surface area contributed by atoms with Gasteiger partial charge in [0, 0.05) is 23.9 Å². The van der Waals surface area contributed by atoms with E-state index in [2.05, 4.69) is 40.9 Å². The highest BCUT2D eigenvalue weighted by Crippen LogP contribution is 2.23. The lowest BCUT2D eigenvalue weighted by molar-refractivity contribution is -0.138. The summed E-state index contributed by atoms with van der Waals surface area (Å²) in [4.78, 5) is 23.2. The topological polar surface area (TPSA) is 84.0 Å². The molecular formula is C18H25N5O2. The van der Waals surface area contributed by atoms with E-state index in [0.717, 1.165) is 17.1 Å². The lowest BCUT2D eigenvalue weighted by Gasteiger charge is -2.32. The van der Waals surface area contributed by atoms with Gasteiger partial charge in [0.25, 0.3) is 0 Å². The molecule has 134 valence electrons. The molecule has 7 nitrogen and oxygen atoms in total. The van der Waals surface area contributed by atoms with Gasteiger partial charge in [-0.2, -0.15) is 5.10 Å². The number of aromatic amines is 1. The van der Waals surface area contributed by atoms with Gasteiger partial charge in [0.1, 0.15) is 6.10 Å². The lowest BCUT2D eigenvalue weighted by atomic mass is 9.96. The number of aryl methyl sites for hydroxylation is 1. The highest BCUT2D eigenvalue weighted by atomic mass is 16.5. The van der Waals surface area contributed by atoms with Crippen molar-refractivity contribution in [2.75, 3.05) is 19.7 Å². The van der Waals surface area contributed by atoms with Crippen LogP contribution in [-0.4, -0.2) is 50.7 Å². The maximum Gasteiger partial charge on any atom is 0.227 e. The number of nitrogens with one attached hydrogen (secondary N) is 1. The van der Waals surface area contributed by atoms with Crippen LogP contribution in [0.2, 0.25) is 0 Å². The van der Waals surface area contributed by atoms with E-state index in [4.69, 9.17) is 4.74 Å². The smallest absolute Gasteiger partial charge is 0.227 e. The normalized spacial score (nSPS) is 18.4. The fourth-order valence-corrected chi connectivity index (χ4v) is 2.68. The Hall–Kier alpha value is -2.28. The maximum absolute atomic E-state index is 12.6. The second kappa shape index (κ2) is 6.92. The molecule has 3 heterocycles. The molecule has 0 bridgehead atoms. The van der Waals surface area contributed by atoms with Crippen molar-refractivity contribution in [3.05, 3.63) is 41.2 Å². The predicted molar refractivity (Wildman–Crippen MR) is 93.0 cm³/mol. The summed E-state index contributed by atoms with van der Waals surface area (Å²) in [5.41, 5.74) is 1.74. The number of nitrogens with zero attached hydrogens (tertiary/aromatic N) is 4. The van der Waals surface area contributed by atoms with Gasteiger partial charge in [-0.25, -0.2) is 4.98 Å². The number of pyridine rings is 1. The molecule has 25 heavy (non-hydrogen) atoms. The number of H-pyrrole nitrogens is 1. The van der Waals surface area contributed by atoms with Crippen molar-refractivity contribution in [1.29, 1.82) is 0 Å². The molecule has 1 fully saturated rings. The number of ether oxygens (including phenoxy) is 1. The van der Waals surface area contributed by atoms with E-state index in [1.807, 2.05) is 24.0 Å². The van der Waals surface area contributed by atoms with Gasteiger partial charge in [0.2, 0.25) is 5.91 Å². The van der Waals surface area contributed by atoms with Crippen LogP contribution in [0.25, 0.3) is 0 Å². The molecule has 1 atom stereocenters. The molecule has 1 N–H and O–H groups in total. The largest absolute Gasteiger partial charge is 0.367 e. The van der Waals surface area contributed by atoms with E-state index in [1.165, 1.54) is 0 Å². The standard InChI is InChI=1S/C18H25N5O2/c1-12-5-6-13(10-19-12)9-15(24)23-7-8-25-14(11-23)16-20-17(22-21-16)18(2,3)4/h5-6,10,14H,7-9,11H2,1-4H3,(H,20,21,22)/t14-/m1/s1. The Morgan fingerprint density at radius 3 is 2.84 bits per heavy atom. The Morgan fingerprint density at radius 2 is 2.20 bits per heavy atom. The zero-order valence-electron chi connectivity index (χ0n) is 15.2. The predicted octanol–water partition coefficient (Wildman–Crippen LogP) is 1.95. The van der Waals surface area contributed by atoms with E-state index in [9.17, 15) is 4.79 Å². The van der Waals surface area contributed by atoms with E-state index in [1.54, 1.807) is 6.20 Å². The number of carbonyl (C=O) groups excluding carboxylic acids is 1. The molecule has 1 aliphatic rings. The van der Waals surface area contributed by atoms with Crippen LogP contribution in [0.15, 0.2) is 18.3 Å². The van der Waals surface area contributed by atoms with Crippen LogP contribution in [0.4, 0.5) is 0 Å². The van der Waals surface area contributed by atoms with Gasteiger partial charge in [-0.15, -0.1) is 0 Å². The summed E-state index contributed by atoms with van der Waals surface area (Å²) in [5.74, 6) is 1.51. The molecule has 0 aromatic carbocycles. The second-order valence-electron chi connectivity index (χ2n) is 7.48. The number of hydrogen-bond acceptors (Lipinski definition) is 5. The van der Waals surface area contributed by atoms with Gasteiger partial charge in [0.15, 0.2) is 11.6 Å². The van der Waals surface area contributed by atoms with Gasteiger partial charge in [-0.3, -0.25) is 14.9 Å². The van der Waals surface area contributed by atoms with Crippen molar-refractivity contribution < 1.29 is 9.53 Å². The Bertz CT molecular complexity index is 733. The SMILES string of the molecule is Cc1ccc(CC(=O)N2CCO[C@@H](c3nc(C(C)(C)C)n[nH]3)C2)cn1.